The second-order valence-corrected chi connectivity index (χ2v) is 8.38. The first-order valence-electron chi connectivity index (χ1n) is 8.34. The molecule has 3 heterocycles. The van der Waals surface area contributed by atoms with Crippen LogP contribution in [0.4, 0.5) is 26.3 Å². The molecule has 0 saturated carbocycles. The van der Waals surface area contributed by atoms with Crippen molar-refractivity contribution in [2.75, 3.05) is 12.4 Å². The first-order chi connectivity index (χ1) is 14.2. The average Bonchev–Trinajstić information content (AvgIpc) is 3.00. The third-order valence-electron chi connectivity index (χ3n) is 3.97. The lowest BCUT2D eigenvalue weighted by Gasteiger charge is -2.11. The summed E-state index contributed by atoms with van der Waals surface area (Å²) in [6, 6.07) is 2.35. The molecule has 0 saturated heterocycles. The molecule has 15 heteroatoms. The second kappa shape index (κ2) is 7.55. The van der Waals surface area contributed by atoms with Gasteiger partial charge in [-0.2, -0.15) is 31.0 Å². The minimum absolute atomic E-state index is 0.244. The number of sulfone groups is 1. The van der Waals surface area contributed by atoms with E-state index in [1.165, 1.54) is 6.92 Å². The van der Waals surface area contributed by atoms with Crippen molar-refractivity contribution < 1.29 is 39.5 Å². The predicted octanol–water partition coefficient (Wildman–Crippen LogP) is 2.63. The number of fused-ring (bicyclic) bond motifs is 1. The van der Waals surface area contributed by atoms with Crippen LogP contribution in [-0.2, 0) is 16.0 Å². The van der Waals surface area contributed by atoms with Gasteiger partial charge in [0.15, 0.2) is 27.9 Å². The monoisotopic (exact) mass is 470 g/mol. The summed E-state index contributed by atoms with van der Waals surface area (Å²) < 4.78 is 107. The number of aromatic nitrogens is 4. The van der Waals surface area contributed by atoms with Crippen LogP contribution in [0.15, 0.2) is 40.3 Å². The Labute approximate surface area is 169 Å². The Morgan fingerprint density at radius 1 is 1.13 bits per heavy atom. The van der Waals surface area contributed by atoms with E-state index < -0.39 is 56.5 Å². The third-order valence-corrected chi connectivity index (χ3v) is 5.70. The summed E-state index contributed by atoms with van der Waals surface area (Å²) >= 11 is 0. The summed E-state index contributed by atoms with van der Waals surface area (Å²) in [5.74, 6) is -1.55. The summed E-state index contributed by atoms with van der Waals surface area (Å²) in [6.45, 7) is -0.413. The summed E-state index contributed by atoms with van der Waals surface area (Å²) in [7, 11) is -4.27. The number of hydrogen-bond donors (Lipinski definition) is 0. The van der Waals surface area contributed by atoms with Gasteiger partial charge in [-0.05, 0) is 12.1 Å². The van der Waals surface area contributed by atoms with Crippen LogP contribution >= 0.6 is 0 Å². The van der Waals surface area contributed by atoms with Crippen LogP contribution in [0, 0.1) is 0 Å². The number of hydrogen-bond acceptors (Lipinski definition) is 6. The molecule has 0 radical (unpaired) electrons. The Morgan fingerprint density at radius 3 is 2.39 bits per heavy atom. The zero-order valence-corrected chi connectivity index (χ0v) is 16.2. The molecule has 0 spiro atoms. The molecular formula is C16H12F6N4O4S. The van der Waals surface area contributed by atoms with Gasteiger partial charge in [0.05, 0.1) is 11.3 Å². The number of halogens is 6. The van der Waals surface area contributed by atoms with Crippen molar-refractivity contribution in [2.45, 2.75) is 24.2 Å². The Morgan fingerprint density at radius 2 is 1.81 bits per heavy atom. The molecule has 0 aliphatic rings. The van der Waals surface area contributed by atoms with Crippen LogP contribution in [0.25, 0.3) is 11.5 Å². The van der Waals surface area contributed by atoms with E-state index >= 15 is 0 Å². The Balaban J connectivity index is 2.17. The standard InChI is InChI=1S/C16H12F6N4O4S/c1-2-31(28,29)11-5-9(16(20,21)22)7-23-13(11)26-14(27)25-4-3-10(6-12(25)24-26)30-8-15(17,18)19/h3-7H,2,8H2,1H3. The number of pyridine rings is 2. The highest BCUT2D eigenvalue weighted by atomic mass is 32.2. The van der Waals surface area contributed by atoms with E-state index in [4.69, 9.17) is 0 Å². The molecule has 0 aliphatic carbocycles. The highest BCUT2D eigenvalue weighted by Gasteiger charge is 2.34. The van der Waals surface area contributed by atoms with Crippen molar-refractivity contribution in [3.63, 3.8) is 0 Å². The van der Waals surface area contributed by atoms with E-state index in [1.807, 2.05) is 0 Å². The molecule has 8 nitrogen and oxygen atoms in total. The summed E-state index contributed by atoms with van der Waals surface area (Å²) in [5, 5.41) is 3.79. The lowest BCUT2D eigenvalue weighted by molar-refractivity contribution is -0.153. The van der Waals surface area contributed by atoms with E-state index in [0.717, 1.165) is 22.7 Å². The van der Waals surface area contributed by atoms with Crippen molar-refractivity contribution in [2.24, 2.45) is 0 Å². The fourth-order valence-corrected chi connectivity index (χ4v) is 3.52. The molecule has 0 unspecified atom stereocenters. The van der Waals surface area contributed by atoms with Crippen LogP contribution in [0.1, 0.15) is 12.5 Å². The quantitative estimate of drug-likeness (QED) is 0.532. The maximum atomic E-state index is 13.0. The van der Waals surface area contributed by atoms with Gasteiger partial charge >= 0.3 is 18.0 Å². The lowest BCUT2D eigenvalue weighted by atomic mass is 10.3. The smallest absolute Gasteiger partial charge is 0.422 e. The zero-order valence-electron chi connectivity index (χ0n) is 15.4. The van der Waals surface area contributed by atoms with Gasteiger partial charge in [-0.3, -0.25) is 0 Å². The molecule has 0 N–H and O–H groups in total. The molecule has 3 aromatic rings. The molecule has 31 heavy (non-hydrogen) atoms. The van der Waals surface area contributed by atoms with Gasteiger partial charge in [0.2, 0.25) is 0 Å². The minimum atomic E-state index is -4.89. The first-order valence-corrected chi connectivity index (χ1v) is 9.99. The fraction of sp³-hybridized carbons (Fsp3) is 0.312. The van der Waals surface area contributed by atoms with Crippen LogP contribution in [0.3, 0.4) is 0 Å². The number of rotatable bonds is 5. The summed E-state index contributed by atoms with van der Waals surface area (Å²) in [6.07, 6.45) is -8.14. The Kier molecular flexibility index (Phi) is 5.50. The fourth-order valence-electron chi connectivity index (χ4n) is 2.48. The van der Waals surface area contributed by atoms with Crippen molar-refractivity contribution in [1.29, 1.82) is 0 Å². The maximum Gasteiger partial charge on any atom is 0.422 e. The molecule has 0 bridgehead atoms. The van der Waals surface area contributed by atoms with E-state index in [-0.39, 0.29) is 11.4 Å². The molecule has 0 atom stereocenters. The molecule has 168 valence electrons. The van der Waals surface area contributed by atoms with Gasteiger partial charge in [0.1, 0.15) is 10.6 Å². The van der Waals surface area contributed by atoms with Crippen LogP contribution in [0.2, 0.25) is 0 Å². The van der Waals surface area contributed by atoms with Crippen molar-refractivity contribution in [3.05, 3.63) is 46.6 Å². The molecule has 3 rings (SSSR count). The number of alkyl halides is 6. The van der Waals surface area contributed by atoms with E-state index in [2.05, 4.69) is 14.8 Å². The van der Waals surface area contributed by atoms with Crippen LogP contribution in [0.5, 0.6) is 5.75 Å². The normalized spacial score (nSPS) is 13.0. The molecule has 3 aromatic heterocycles. The highest BCUT2D eigenvalue weighted by Crippen LogP contribution is 2.32. The van der Waals surface area contributed by atoms with E-state index in [9.17, 15) is 39.6 Å². The maximum absolute atomic E-state index is 13.0. The van der Waals surface area contributed by atoms with Crippen molar-refractivity contribution >= 4 is 15.5 Å². The van der Waals surface area contributed by atoms with Crippen LogP contribution in [-0.4, -0.2) is 46.1 Å². The van der Waals surface area contributed by atoms with E-state index in [0.29, 0.717) is 16.9 Å². The second-order valence-electron chi connectivity index (χ2n) is 6.14. The average molecular weight is 470 g/mol. The summed E-state index contributed by atoms with van der Waals surface area (Å²) in [5.41, 5.74) is -2.59. The minimum Gasteiger partial charge on any atom is -0.484 e. The zero-order chi connectivity index (χ0) is 23.2. The Hall–Kier alpha value is -3.10. The topological polar surface area (TPSA) is 95.6 Å². The molecule has 0 aliphatic heterocycles. The lowest BCUT2D eigenvalue weighted by Crippen LogP contribution is -2.23. The van der Waals surface area contributed by atoms with Gasteiger partial charge < -0.3 is 4.74 Å². The van der Waals surface area contributed by atoms with Gasteiger partial charge in [-0.1, -0.05) is 6.92 Å². The third kappa shape index (κ3) is 4.65. The molecule has 0 aromatic carbocycles. The largest absolute Gasteiger partial charge is 0.484 e. The molecule has 0 fully saturated rings. The number of nitrogens with zero attached hydrogens (tertiary/aromatic N) is 4. The van der Waals surface area contributed by atoms with Crippen molar-refractivity contribution in [3.8, 4) is 11.6 Å². The van der Waals surface area contributed by atoms with E-state index in [1.54, 1.807) is 0 Å². The van der Waals surface area contributed by atoms with Gasteiger partial charge in [0.25, 0.3) is 0 Å². The Bertz CT molecular complexity index is 1290. The van der Waals surface area contributed by atoms with Gasteiger partial charge in [0, 0.05) is 18.5 Å². The molecular weight excluding hydrogens is 458 g/mol. The highest BCUT2D eigenvalue weighted by molar-refractivity contribution is 7.91. The predicted molar refractivity (Wildman–Crippen MR) is 92.9 cm³/mol. The SMILES string of the molecule is CCS(=O)(=O)c1cc(C(F)(F)F)cnc1-n1nc2cc(OCC(F)(F)F)ccn2c1=O. The van der Waals surface area contributed by atoms with Gasteiger partial charge in [-0.15, -0.1) is 5.10 Å². The first kappa shape index (κ1) is 22.6. The van der Waals surface area contributed by atoms with Crippen molar-refractivity contribution in [1.82, 2.24) is 19.2 Å². The van der Waals surface area contributed by atoms with Gasteiger partial charge in [-0.25, -0.2) is 22.6 Å². The number of ether oxygens (including phenoxy) is 1. The summed E-state index contributed by atoms with van der Waals surface area (Å²) in [4.78, 5) is 15.2. The van der Waals surface area contributed by atoms with Crippen LogP contribution < -0.4 is 10.4 Å². The molecule has 0 amide bonds.